The van der Waals surface area contributed by atoms with Crippen molar-refractivity contribution in [2.24, 2.45) is 0 Å². The predicted molar refractivity (Wildman–Crippen MR) is 147 cm³/mol. The number of anilines is 1. The molecular formula is C30H19Cl2NO5. The van der Waals surface area contributed by atoms with Crippen LogP contribution in [0.4, 0.5) is 5.69 Å². The van der Waals surface area contributed by atoms with Gasteiger partial charge in [0.2, 0.25) is 5.78 Å². The number of fused-ring (bicyclic) bond motifs is 2. The quantitative estimate of drug-likeness (QED) is 0.230. The maximum Gasteiger partial charge on any atom is 0.294 e. The molecule has 0 aliphatic carbocycles. The van der Waals surface area contributed by atoms with Gasteiger partial charge in [0.1, 0.15) is 0 Å². The molecule has 0 saturated heterocycles. The number of aliphatic hydroxyl groups is 1. The van der Waals surface area contributed by atoms with Crippen LogP contribution in [0, 0.1) is 0 Å². The molecule has 0 saturated carbocycles. The Balaban J connectivity index is 1.57. The average molecular weight is 544 g/mol. The monoisotopic (exact) mass is 543 g/mol. The van der Waals surface area contributed by atoms with Gasteiger partial charge >= 0.3 is 0 Å². The molecule has 6 nitrogen and oxygen atoms in total. The fourth-order valence-electron chi connectivity index (χ4n) is 4.99. The van der Waals surface area contributed by atoms with Crippen LogP contribution >= 0.6 is 23.2 Å². The third-order valence-electron chi connectivity index (χ3n) is 6.65. The molecule has 4 aromatic carbocycles. The van der Waals surface area contributed by atoms with Gasteiger partial charge in [0.25, 0.3) is 5.91 Å². The smallest absolute Gasteiger partial charge is 0.294 e. The normalized spacial score (nSPS) is 15.6. The lowest BCUT2D eigenvalue weighted by Crippen LogP contribution is -2.31. The summed E-state index contributed by atoms with van der Waals surface area (Å²) in [6.45, 7) is 0. The zero-order valence-corrected chi connectivity index (χ0v) is 21.5. The van der Waals surface area contributed by atoms with E-state index in [1.807, 2.05) is 42.5 Å². The number of furan rings is 1. The Hall–Kier alpha value is -4.26. The Labute approximate surface area is 227 Å². The predicted octanol–water partition coefficient (Wildman–Crippen LogP) is 7.68. The van der Waals surface area contributed by atoms with Gasteiger partial charge in [-0.3, -0.25) is 14.5 Å². The van der Waals surface area contributed by atoms with Crippen LogP contribution in [-0.2, 0) is 4.79 Å². The molecule has 8 heteroatoms. The van der Waals surface area contributed by atoms with Crippen molar-refractivity contribution in [1.82, 2.24) is 0 Å². The van der Waals surface area contributed by atoms with Crippen molar-refractivity contribution >= 4 is 62.3 Å². The minimum absolute atomic E-state index is 0.0619. The number of hydrogen-bond acceptors (Lipinski definition) is 5. The Morgan fingerprint density at radius 2 is 1.68 bits per heavy atom. The van der Waals surface area contributed by atoms with E-state index in [9.17, 15) is 14.7 Å². The lowest BCUT2D eigenvalue weighted by atomic mass is 9.91. The maximum absolute atomic E-state index is 14.0. The molecular weight excluding hydrogens is 525 g/mol. The first kappa shape index (κ1) is 24.1. The lowest BCUT2D eigenvalue weighted by molar-refractivity contribution is -0.117. The highest BCUT2D eigenvalue weighted by molar-refractivity contribution is 6.32. The van der Waals surface area contributed by atoms with E-state index in [1.54, 1.807) is 36.4 Å². The molecule has 2 heterocycles. The number of carbonyl (C=O) groups is 2. The summed E-state index contributed by atoms with van der Waals surface area (Å²) in [5.41, 5.74) is 1.34. The summed E-state index contributed by atoms with van der Waals surface area (Å²) in [4.78, 5) is 29.0. The molecule has 1 aliphatic rings. The number of aliphatic hydroxyl groups excluding tert-OH is 1. The number of rotatable bonds is 5. The molecule has 1 atom stereocenters. The molecule has 6 rings (SSSR count). The van der Waals surface area contributed by atoms with Crippen molar-refractivity contribution in [3.05, 3.63) is 118 Å². The van der Waals surface area contributed by atoms with Gasteiger partial charge in [-0.25, -0.2) is 0 Å². The van der Waals surface area contributed by atoms with E-state index in [-0.39, 0.29) is 11.3 Å². The van der Waals surface area contributed by atoms with Crippen molar-refractivity contribution in [3.63, 3.8) is 0 Å². The Morgan fingerprint density at radius 3 is 2.47 bits per heavy atom. The summed E-state index contributed by atoms with van der Waals surface area (Å²) in [5.74, 6) is -1.71. The summed E-state index contributed by atoms with van der Waals surface area (Å²) >= 11 is 12.5. The highest BCUT2D eigenvalue weighted by Gasteiger charge is 2.46. The molecule has 0 radical (unpaired) electrons. The van der Waals surface area contributed by atoms with Crippen molar-refractivity contribution in [3.8, 4) is 5.75 Å². The second kappa shape index (κ2) is 9.24. The van der Waals surface area contributed by atoms with Crippen molar-refractivity contribution in [2.75, 3.05) is 12.0 Å². The number of halogens is 2. The van der Waals surface area contributed by atoms with Crippen LogP contribution in [-0.4, -0.2) is 23.9 Å². The Morgan fingerprint density at radius 1 is 0.921 bits per heavy atom. The fraction of sp³-hybridized carbons (Fsp3) is 0.0667. The van der Waals surface area contributed by atoms with Gasteiger partial charge in [-0.1, -0.05) is 71.7 Å². The van der Waals surface area contributed by atoms with Crippen molar-refractivity contribution in [2.45, 2.75) is 6.04 Å². The van der Waals surface area contributed by atoms with E-state index in [0.29, 0.717) is 38.0 Å². The van der Waals surface area contributed by atoms with Crippen molar-refractivity contribution < 1.29 is 23.8 Å². The summed E-state index contributed by atoms with van der Waals surface area (Å²) in [6.07, 6.45) is 0. The number of nitrogens with zero attached hydrogens (tertiary/aromatic N) is 1. The molecule has 0 fully saturated rings. The van der Waals surface area contributed by atoms with Crippen molar-refractivity contribution in [1.29, 1.82) is 0 Å². The largest absolute Gasteiger partial charge is 0.503 e. The molecule has 1 aromatic heterocycles. The van der Waals surface area contributed by atoms with E-state index in [4.69, 9.17) is 32.4 Å². The number of carbonyl (C=O) groups excluding carboxylic acids is 2. The van der Waals surface area contributed by atoms with Crippen LogP contribution in [0.5, 0.6) is 5.75 Å². The van der Waals surface area contributed by atoms with Gasteiger partial charge in [-0.2, -0.15) is 0 Å². The van der Waals surface area contributed by atoms with Gasteiger partial charge in [-0.05, 0) is 46.7 Å². The average Bonchev–Trinajstić information content (AvgIpc) is 3.46. The van der Waals surface area contributed by atoms with Crippen LogP contribution in [0.25, 0.3) is 21.7 Å². The first-order valence-corrected chi connectivity index (χ1v) is 12.4. The molecule has 1 N–H and O–H groups in total. The number of Topliss-reactive ketones (excluding diaryl/α,β-unsaturated/α-hetero) is 1. The third kappa shape index (κ3) is 3.81. The molecule has 1 aliphatic heterocycles. The first-order valence-electron chi connectivity index (χ1n) is 11.7. The summed E-state index contributed by atoms with van der Waals surface area (Å²) < 4.78 is 11.3. The number of hydrogen-bond donors (Lipinski definition) is 1. The van der Waals surface area contributed by atoms with Gasteiger partial charge in [-0.15, -0.1) is 0 Å². The van der Waals surface area contributed by atoms with Crippen LogP contribution in [0.1, 0.15) is 22.2 Å². The summed E-state index contributed by atoms with van der Waals surface area (Å²) in [5, 5.41) is 14.3. The minimum Gasteiger partial charge on any atom is -0.503 e. The number of benzene rings is 4. The highest BCUT2D eigenvalue weighted by Crippen LogP contribution is 2.45. The van der Waals surface area contributed by atoms with E-state index in [0.717, 1.165) is 10.8 Å². The van der Waals surface area contributed by atoms with Gasteiger partial charge in [0, 0.05) is 27.2 Å². The fourth-order valence-corrected chi connectivity index (χ4v) is 5.40. The second-order valence-corrected chi connectivity index (χ2v) is 9.73. The van der Waals surface area contributed by atoms with Crippen LogP contribution in [0.15, 0.2) is 101 Å². The summed E-state index contributed by atoms with van der Waals surface area (Å²) in [6, 6.07) is 23.8. The number of methoxy groups -OCH3 is 1. The van der Waals surface area contributed by atoms with E-state index >= 15 is 0 Å². The Kier molecular flexibility index (Phi) is 5.86. The second-order valence-electron chi connectivity index (χ2n) is 8.85. The third-order valence-corrected chi connectivity index (χ3v) is 7.10. The van der Waals surface area contributed by atoms with E-state index < -0.39 is 23.5 Å². The van der Waals surface area contributed by atoms with Crippen LogP contribution < -0.4 is 9.64 Å². The van der Waals surface area contributed by atoms with E-state index in [1.165, 1.54) is 18.1 Å². The number of ether oxygens (including phenoxy) is 1. The maximum atomic E-state index is 14.0. The molecule has 5 aromatic rings. The van der Waals surface area contributed by atoms with E-state index in [2.05, 4.69) is 0 Å². The molecule has 0 spiro atoms. The first-order chi connectivity index (χ1) is 18.4. The van der Waals surface area contributed by atoms with Gasteiger partial charge < -0.3 is 14.3 Å². The molecule has 1 amide bonds. The molecule has 188 valence electrons. The minimum atomic E-state index is -0.946. The topological polar surface area (TPSA) is 80.0 Å². The SMILES string of the molecule is COc1cc(Cl)cc2cc(C(=O)C3=C(O)C(=O)N(c4cccc(Cl)c4)C3c3cccc4ccccc34)oc12. The highest BCUT2D eigenvalue weighted by atomic mass is 35.5. The zero-order valence-electron chi connectivity index (χ0n) is 19.9. The zero-order chi connectivity index (χ0) is 26.6. The summed E-state index contributed by atoms with van der Waals surface area (Å²) in [7, 11) is 1.47. The lowest BCUT2D eigenvalue weighted by Gasteiger charge is -2.28. The van der Waals surface area contributed by atoms with Gasteiger partial charge in [0.15, 0.2) is 22.9 Å². The van der Waals surface area contributed by atoms with Crippen LogP contribution in [0.2, 0.25) is 10.0 Å². The number of amides is 1. The number of ketones is 1. The molecule has 38 heavy (non-hydrogen) atoms. The Bertz CT molecular complexity index is 1800. The van der Waals surface area contributed by atoms with Gasteiger partial charge in [0.05, 0.1) is 18.7 Å². The molecule has 1 unspecified atom stereocenters. The van der Waals surface area contributed by atoms with Crippen LogP contribution in [0.3, 0.4) is 0 Å². The molecule has 0 bridgehead atoms. The standard InChI is InChI=1S/C30H19Cl2NO5/c1-37-24-15-19(32)12-17-13-23(38-29(17)24)27(34)25-26(22-11-4-7-16-6-2-3-10-21(16)22)33(30(36)28(25)35)20-9-5-8-18(31)14-20/h2-15,26,35H,1H3.